The maximum absolute atomic E-state index is 13.4. The first kappa shape index (κ1) is 19.4. The minimum absolute atomic E-state index is 0.0207. The number of aryl methyl sites for hydroxylation is 1. The van der Waals surface area contributed by atoms with Gasteiger partial charge in [-0.15, -0.1) is 0 Å². The summed E-state index contributed by atoms with van der Waals surface area (Å²) >= 11 is 5.86. The lowest BCUT2D eigenvalue weighted by Crippen LogP contribution is -2.40. The number of rotatable bonds is 8. The first-order valence-corrected chi connectivity index (χ1v) is 7.64. The van der Waals surface area contributed by atoms with E-state index in [-0.39, 0.29) is 30.4 Å². The molecule has 0 saturated heterocycles. The Morgan fingerprint density at radius 3 is 2.70 bits per heavy atom. The lowest BCUT2D eigenvalue weighted by Gasteiger charge is -2.26. The van der Waals surface area contributed by atoms with Crippen LogP contribution in [0.25, 0.3) is 0 Å². The zero-order valence-electron chi connectivity index (χ0n) is 13.2. The molecule has 1 amide bonds. The zero-order chi connectivity index (χ0) is 17.4. The van der Waals surface area contributed by atoms with Crippen LogP contribution in [-0.4, -0.2) is 48.7 Å². The van der Waals surface area contributed by atoms with E-state index in [1.807, 2.05) is 0 Å². The van der Waals surface area contributed by atoms with Crippen LogP contribution in [0.4, 0.5) is 4.39 Å². The fraction of sp³-hybridized carbons (Fsp3) is 0.500. The van der Waals surface area contributed by atoms with Gasteiger partial charge in [0.05, 0.1) is 24.8 Å². The number of esters is 1. The van der Waals surface area contributed by atoms with Crippen molar-refractivity contribution < 1.29 is 23.8 Å². The van der Waals surface area contributed by atoms with Gasteiger partial charge in [0.1, 0.15) is 5.82 Å². The van der Waals surface area contributed by atoms with E-state index in [1.54, 1.807) is 13.1 Å². The van der Waals surface area contributed by atoms with E-state index < -0.39 is 17.8 Å². The summed E-state index contributed by atoms with van der Waals surface area (Å²) in [4.78, 5) is 24.7. The van der Waals surface area contributed by atoms with Crippen LogP contribution < -0.4 is 0 Å². The Hall–Kier alpha value is -1.66. The second-order valence-electron chi connectivity index (χ2n) is 5.17. The molecule has 1 rings (SSSR count). The standard InChI is InChI=1S/C16H21ClFNO4/c1-19(12(10-20)7-9-15(22)23-2)14(21)8-6-11-4-3-5-13(18)16(11)17/h3-5,12,20H,6-10H2,1-2H3/t12-/m0/s1. The third-order valence-corrected chi connectivity index (χ3v) is 4.12. The van der Waals surface area contributed by atoms with Crippen LogP contribution in [0.1, 0.15) is 24.8 Å². The number of hydrogen-bond acceptors (Lipinski definition) is 4. The van der Waals surface area contributed by atoms with E-state index in [1.165, 1.54) is 24.1 Å². The smallest absolute Gasteiger partial charge is 0.305 e. The molecular formula is C16H21ClFNO4. The van der Waals surface area contributed by atoms with Gasteiger partial charge in [-0.05, 0) is 24.5 Å². The normalized spacial score (nSPS) is 11.9. The molecule has 5 nitrogen and oxygen atoms in total. The number of halogens is 2. The zero-order valence-corrected chi connectivity index (χ0v) is 14.0. The van der Waals surface area contributed by atoms with Crippen molar-refractivity contribution in [2.75, 3.05) is 20.8 Å². The highest BCUT2D eigenvalue weighted by atomic mass is 35.5. The first-order valence-electron chi connectivity index (χ1n) is 7.27. The largest absolute Gasteiger partial charge is 0.469 e. The molecule has 0 aliphatic carbocycles. The van der Waals surface area contributed by atoms with Crippen molar-refractivity contribution in [2.24, 2.45) is 0 Å². The summed E-state index contributed by atoms with van der Waals surface area (Å²) < 4.78 is 17.9. The number of ether oxygens (including phenoxy) is 1. The molecule has 0 saturated carbocycles. The maximum atomic E-state index is 13.4. The molecule has 0 radical (unpaired) electrons. The van der Waals surface area contributed by atoms with Gasteiger partial charge in [-0.2, -0.15) is 0 Å². The number of likely N-dealkylation sites (N-methyl/N-ethyl adjacent to an activating group) is 1. The van der Waals surface area contributed by atoms with Crippen LogP contribution in [0.3, 0.4) is 0 Å². The number of aliphatic hydroxyl groups excluding tert-OH is 1. The highest BCUT2D eigenvalue weighted by Gasteiger charge is 2.20. The summed E-state index contributed by atoms with van der Waals surface area (Å²) in [5, 5.41) is 9.40. The second kappa shape index (κ2) is 9.47. The molecule has 23 heavy (non-hydrogen) atoms. The van der Waals surface area contributed by atoms with Gasteiger partial charge in [0, 0.05) is 19.9 Å². The van der Waals surface area contributed by atoms with Crippen molar-refractivity contribution in [1.29, 1.82) is 0 Å². The fourth-order valence-corrected chi connectivity index (χ4v) is 2.38. The Kier molecular flexibility index (Phi) is 7.98. The molecule has 7 heteroatoms. The van der Waals surface area contributed by atoms with Crippen LogP contribution in [0.2, 0.25) is 5.02 Å². The van der Waals surface area contributed by atoms with Crippen LogP contribution in [0.5, 0.6) is 0 Å². The highest BCUT2D eigenvalue weighted by Crippen LogP contribution is 2.21. The third-order valence-electron chi connectivity index (χ3n) is 3.70. The summed E-state index contributed by atoms with van der Waals surface area (Å²) in [5.74, 6) is -1.12. The van der Waals surface area contributed by atoms with Crippen molar-refractivity contribution in [3.8, 4) is 0 Å². The Morgan fingerprint density at radius 2 is 2.09 bits per heavy atom. The predicted molar refractivity (Wildman–Crippen MR) is 84.6 cm³/mol. The van der Waals surface area contributed by atoms with Gasteiger partial charge in [-0.25, -0.2) is 4.39 Å². The van der Waals surface area contributed by atoms with Crippen LogP contribution >= 0.6 is 11.6 Å². The molecule has 0 heterocycles. The van der Waals surface area contributed by atoms with E-state index in [2.05, 4.69) is 4.74 Å². The van der Waals surface area contributed by atoms with E-state index >= 15 is 0 Å². The average Bonchev–Trinajstić information content (AvgIpc) is 2.55. The molecule has 1 N–H and O–H groups in total. The molecule has 0 aliphatic rings. The van der Waals surface area contributed by atoms with Gasteiger partial charge in [0.25, 0.3) is 0 Å². The minimum atomic E-state index is -0.517. The monoisotopic (exact) mass is 345 g/mol. The number of benzene rings is 1. The number of methoxy groups -OCH3 is 1. The molecular weight excluding hydrogens is 325 g/mol. The molecule has 0 bridgehead atoms. The lowest BCUT2D eigenvalue weighted by atomic mass is 10.1. The van der Waals surface area contributed by atoms with E-state index in [9.17, 15) is 19.1 Å². The lowest BCUT2D eigenvalue weighted by molar-refractivity contribution is -0.142. The van der Waals surface area contributed by atoms with Gasteiger partial charge in [0.15, 0.2) is 0 Å². The number of amides is 1. The summed E-state index contributed by atoms with van der Waals surface area (Å²) in [5.41, 5.74) is 0.559. The molecule has 1 atom stereocenters. The molecule has 0 aliphatic heterocycles. The fourth-order valence-electron chi connectivity index (χ4n) is 2.16. The Labute approximate surface area is 140 Å². The van der Waals surface area contributed by atoms with Gasteiger partial charge in [-0.3, -0.25) is 9.59 Å². The molecule has 0 spiro atoms. The van der Waals surface area contributed by atoms with Crippen molar-refractivity contribution in [2.45, 2.75) is 31.7 Å². The van der Waals surface area contributed by atoms with E-state index in [0.717, 1.165) is 0 Å². The van der Waals surface area contributed by atoms with Crippen molar-refractivity contribution >= 4 is 23.5 Å². The van der Waals surface area contributed by atoms with Gasteiger partial charge < -0.3 is 14.7 Å². The van der Waals surface area contributed by atoms with Crippen molar-refractivity contribution in [1.82, 2.24) is 4.90 Å². The maximum Gasteiger partial charge on any atom is 0.305 e. The van der Waals surface area contributed by atoms with Crippen molar-refractivity contribution in [3.05, 3.63) is 34.6 Å². The van der Waals surface area contributed by atoms with Gasteiger partial charge in [0.2, 0.25) is 5.91 Å². The molecule has 0 aromatic heterocycles. The van der Waals surface area contributed by atoms with Crippen LogP contribution in [0, 0.1) is 5.82 Å². The summed E-state index contributed by atoms with van der Waals surface area (Å²) in [6.07, 6.45) is 0.866. The average molecular weight is 346 g/mol. The predicted octanol–water partition coefficient (Wildman–Crippen LogP) is 2.18. The quantitative estimate of drug-likeness (QED) is 0.733. The van der Waals surface area contributed by atoms with Crippen molar-refractivity contribution in [3.63, 3.8) is 0 Å². The molecule has 128 valence electrons. The summed E-state index contributed by atoms with van der Waals surface area (Å²) in [6.45, 7) is -0.250. The highest BCUT2D eigenvalue weighted by molar-refractivity contribution is 6.31. The third kappa shape index (κ3) is 5.80. The second-order valence-corrected chi connectivity index (χ2v) is 5.55. The van der Waals surface area contributed by atoms with Gasteiger partial charge in [-0.1, -0.05) is 23.7 Å². The Balaban J connectivity index is 2.57. The Morgan fingerprint density at radius 1 is 1.39 bits per heavy atom. The topological polar surface area (TPSA) is 66.8 Å². The SMILES string of the molecule is COC(=O)CC[C@@H](CO)N(C)C(=O)CCc1cccc(F)c1Cl. The van der Waals surface area contributed by atoms with E-state index in [0.29, 0.717) is 18.4 Å². The minimum Gasteiger partial charge on any atom is -0.469 e. The molecule has 0 unspecified atom stereocenters. The van der Waals surface area contributed by atoms with Crippen LogP contribution in [0.15, 0.2) is 18.2 Å². The summed E-state index contributed by atoms with van der Waals surface area (Å²) in [6, 6.07) is 4.00. The number of carbonyl (C=O) groups excluding carboxylic acids is 2. The summed E-state index contributed by atoms with van der Waals surface area (Å²) in [7, 11) is 2.85. The van der Waals surface area contributed by atoms with Gasteiger partial charge >= 0.3 is 5.97 Å². The molecule has 1 aromatic rings. The number of hydrogen-bond donors (Lipinski definition) is 1. The number of carbonyl (C=O) groups is 2. The molecule has 1 aromatic carbocycles. The van der Waals surface area contributed by atoms with E-state index in [4.69, 9.17) is 11.6 Å². The number of nitrogens with zero attached hydrogens (tertiary/aromatic N) is 1. The Bertz CT molecular complexity index is 553. The molecule has 0 fully saturated rings. The first-order chi connectivity index (χ1) is 10.9. The van der Waals surface area contributed by atoms with Crippen LogP contribution in [-0.2, 0) is 20.7 Å². The number of aliphatic hydroxyl groups is 1.